The summed E-state index contributed by atoms with van der Waals surface area (Å²) in [6, 6.07) is 1.95. The zero-order valence-electron chi connectivity index (χ0n) is 9.12. The number of nitrogens with zero attached hydrogens (tertiary/aromatic N) is 2. The maximum Gasteiger partial charge on any atom is 0.0822 e. The van der Waals surface area contributed by atoms with Gasteiger partial charge in [-0.1, -0.05) is 18.5 Å². The van der Waals surface area contributed by atoms with Crippen LogP contribution in [0.15, 0.2) is 18.5 Å². The fraction of sp³-hybridized carbons (Fsp3) is 0.545. The van der Waals surface area contributed by atoms with Gasteiger partial charge in [-0.2, -0.15) is 0 Å². The van der Waals surface area contributed by atoms with Crippen LogP contribution in [-0.4, -0.2) is 24.6 Å². The van der Waals surface area contributed by atoms with Gasteiger partial charge in [0, 0.05) is 25.5 Å². The molecule has 4 heteroatoms. The van der Waals surface area contributed by atoms with Crippen LogP contribution in [0.2, 0.25) is 5.02 Å². The summed E-state index contributed by atoms with van der Waals surface area (Å²) in [5.74, 6) is 0. The molecular formula is C11H18ClN3. The molecule has 0 radical (unpaired) electrons. The van der Waals surface area contributed by atoms with E-state index in [1.54, 1.807) is 12.4 Å². The van der Waals surface area contributed by atoms with Gasteiger partial charge < -0.3 is 10.6 Å². The molecule has 1 aromatic rings. The van der Waals surface area contributed by atoms with E-state index in [0.29, 0.717) is 11.6 Å². The van der Waals surface area contributed by atoms with Gasteiger partial charge in [0.1, 0.15) is 0 Å². The first kappa shape index (κ1) is 12.3. The van der Waals surface area contributed by atoms with Crippen molar-refractivity contribution >= 4 is 17.3 Å². The highest BCUT2D eigenvalue weighted by atomic mass is 35.5. The minimum absolute atomic E-state index is 0.711. The van der Waals surface area contributed by atoms with E-state index >= 15 is 0 Å². The predicted molar refractivity (Wildman–Crippen MR) is 65.4 cm³/mol. The van der Waals surface area contributed by atoms with Crippen molar-refractivity contribution in [2.75, 3.05) is 24.5 Å². The maximum absolute atomic E-state index is 6.10. The fourth-order valence-corrected chi connectivity index (χ4v) is 1.77. The van der Waals surface area contributed by atoms with Gasteiger partial charge in [0.25, 0.3) is 0 Å². The second-order valence-corrected chi connectivity index (χ2v) is 3.86. The molecule has 3 nitrogen and oxygen atoms in total. The van der Waals surface area contributed by atoms with E-state index in [0.717, 1.165) is 31.6 Å². The molecule has 0 saturated carbocycles. The van der Waals surface area contributed by atoms with Crippen molar-refractivity contribution in [2.24, 2.45) is 5.73 Å². The molecular weight excluding hydrogens is 210 g/mol. The third-order valence-electron chi connectivity index (χ3n) is 2.22. The lowest BCUT2D eigenvalue weighted by Gasteiger charge is -2.24. The highest BCUT2D eigenvalue weighted by Crippen LogP contribution is 2.24. The first-order valence-electron chi connectivity index (χ1n) is 5.34. The summed E-state index contributed by atoms with van der Waals surface area (Å²) >= 11 is 6.10. The van der Waals surface area contributed by atoms with Crippen LogP contribution in [0.5, 0.6) is 0 Å². The molecule has 0 aliphatic rings. The highest BCUT2D eigenvalue weighted by Gasteiger charge is 2.08. The summed E-state index contributed by atoms with van der Waals surface area (Å²) in [6.45, 7) is 4.82. The standard InChI is InChI=1S/C11H18ClN3/c1-2-7-15(8-3-5-13)11-4-6-14-9-10(11)12/h4,6,9H,2-3,5,7-8,13H2,1H3. The van der Waals surface area contributed by atoms with Gasteiger partial charge >= 0.3 is 0 Å². The first-order chi connectivity index (χ1) is 7.29. The predicted octanol–water partition coefficient (Wildman–Crippen LogP) is 2.30. The Bertz CT molecular complexity index is 291. The van der Waals surface area contributed by atoms with Gasteiger partial charge in [0.2, 0.25) is 0 Å². The summed E-state index contributed by atoms with van der Waals surface area (Å²) in [5, 5.41) is 0.711. The van der Waals surface area contributed by atoms with E-state index in [-0.39, 0.29) is 0 Å². The molecule has 84 valence electrons. The monoisotopic (exact) mass is 227 g/mol. The van der Waals surface area contributed by atoms with Crippen molar-refractivity contribution in [1.29, 1.82) is 0 Å². The Kier molecular flexibility index (Phi) is 5.43. The van der Waals surface area contributed by atoms with Crippen molar-refractivity contribution in [3.63, 3.8) is 0 Å². The summed E-state index contributed by atoms with van der Waals surface area (Å²) in [5.41, 5.74) is 6.57. The maximum atomic E-state index is 6.10. The normalized spacial score (nSPS) is 10.3. The third kappa shape index (κ3) is 3.68. The minimum Gasteiger partial charge on any atom is -0.370 e. The number of anilines is 1. The average Bonchev–Trinajstić information content (AvgIpc) is 2.25. The topological polar surface area (TPSA) is 42.1 Å². The Morgan fingerprint density at radius 3 is 2.87 bits per heavy atom. The Balaban J connectivity index is 2.74. The summed E-state index contributed by atoms with van der Waals surface area (Å²) in [7, 11) is 0. The number of nitrogens with two attached hydrogens (primary N) is 1. The quantitative estimate of drug-likeness (QED) is 0.811. The number of halogens is 1. The average molecular weight is 228 g/mol. The molecule has 0 amide bonds. The van der Waals surface area contributed by atoms with Gasteiger partial charge in [-0.05, 0) is 25.5 Å². The lowest BCUT2D eigenvalue weighted by Crippen LogP contribution is -2.27. The molecule has 0 bridgehead atoms. The molecule has 0 fully saturated rings. The third-order valence-corrected chi connectivity index (χ3v) is 2.51. The largest absolute Gasteiger partial charge is 0.370 e. The van der Waals surface area contributed by atoms with Crippen molar-refractivity contribution in [3.8, 4) is 0 Å². The van der Waals surface area contributed by atoms with Crippen molar-refractivity contribution < 1.29 is 0 Å². The number of rotatable bonds is 6. The molecule has 0 aliphatic carbocycles. The molecule has 0 atom stereocenters. The number of pyridine rings is 1. The molecule has 0 unspecified atom stereocenters. The summed E-state index contributed by atoms with van der Waals surface area (Å²) < 4.78 is 0. The van der Waals surface area contributed by atoms with Gasteiger partial charge in [-0.15, -0.1) is 0 Å². The van der Waals surface area contributed by atoms with Crippen molar-refractivity contribution in [2.45, 2.75) is 19.8 Å². The number of hydrogen-bond donors (Lipinski definition) is 1. The van der Waals surface area contributed by atoms with Crippen LogP contribution in [0.25, 0.3) is 0 Å². The summed E-state index contributed by atoms with van der Waals surface area (Å²) in [4.78, 5) is 6.25. The molecule has 0 saturated heterocycles. The molecule has 0 aliphatic heterocycles. The molecule has 0 spiro atoms. The Morgan fingerprint density at radius 1 is 1.47 bits per heavy atom. The van der Waals surface area contributed by atoms with Gasteiger partial charge in [0.05, 0.1) is 10.7 Å². The van der Waals surface area contributed by atoms with Crippen molar-refractivity contribution in [1.82, 2.24) is 4.98 Å². The molecule has 0 aromatic carbocycles. The highest BCUT2D eigenvalue weighted by molar-refractivity contribution is 6.33. The molecule has 1 rings (SSSR count). The molecule has 1 heterocycles. The lowest BCUT2D eigenvalue weighted by molar-refractivity contribution is 0.720. The smallest absolute Gasteiger partial charge is 0.0822 e. The van der Waals surface area contributed by atoms with Crippen LogP contribution in [0.1, 0.15) is 19.8 Å². The van der Waals surface area contributed by atoms with E-state index < -0.39 is 0 Å². The Hall–Kier alpha value is -0.800. The van der Waals surface area contributed by atoms with E-state index in [2.05, 4.69) is 16.8 Å². The Labute approximate surface area is 96.2 Å². The molecule has 1 aromatic heterocycles. The van der Waals surface area contributed by atoms with Gasteiger partial charge in [0.15, 0.2) is 0 Å². The van der Waals surface area contributed by atoms with E-state index in [1.165, 1.54) is 0 Å². The summed E-state index contributed by atoms with van der Waals surface area (Å²) in [6.07, 6.45) is 5.54. The van der Waals surface area contributed by atoms with Crippen LogP contribution < -0.4 is 10.6 Å². The van der Waals surface area contributed by atoms with Crippen LogP contribution in [0.4, 0.5) is 5.69 Å². The number of hydrogen-bond acceptors (Lipinski definition) is 3. The molecule has 15 heavy (non-hydrogen) atoms. The zero-order chi connectivity index (χ0) is 11.1. The van der Waals surface area contributed by atoms with Crippen LogP contribution >= 0.6 is 11.6 Å². The first-order valence-corrected chi connectivity index (χ1v) is 5.72. The lowest BCUT2D eigenvalue weighted by atomic mass is 10.3. The second kappa shape index (κ2) is 6.64. The van der Waals surface area contributed by atoms with E-state index in [4.69, 9.17) is 17.3 Å². The molecule has 2 N–H and O–H groups in total. The minimum atomic E-state index is 0.711. The van der Waals surface area contributed by atoms with Crippen LogP contribution in [0, 0.1) is 0 Å². The second-order valence-electron chi connectivity index (χ2n) is 3.46. The fourth-order valence-electron chi connectivity index (χ4n) is 1.53. The van der Waals surface area contributed by atoms with E-state index in [9.17, 15) is 0 Å². The van der Waals surface area contributed by atoms with Crippen LogP contribution in [0.3, 0.4) is 0 Å². The SMILES string of the molecule is CCCN(CCCN)c1ccncc1Cl. The van der Waals surface area contributed by atoms with Crippen molar-refractivity contribution in [3.05, 3.63) is 23.5 Å². The number of aromatic nitrogens is 1. The van der Waals surface area contributed by atoms with Crippen LogP contribution in [-0.2, 0) is 0 Å². The zero-order valence-corrected chi connectivity index (χ0v) is 9.87. The van der Waals surface area contributed by atoms with Gasteiger partial charge in [-0.25, -0.2) is 0 Å². The van der Waals surface area contributed by atoms with Gasteiger partial charge in [-0.3, -0.25) is 4.98 Å². The Morgan fingerprint density at radius 2 is 2.27 bits per heavy atom. The van der Waals surface area contributed by atoms with E-state index in [1.807, 2.05) is 6.07 Å².